The van der Waals surface area contributed by atoms with Crippen molar-refractivity contribution in [2.24, 2.45) is 0 Å². The van der Waals surface area contributed by atoms with E-state index in [1.165, 1.54) is 26.0 Å². The Balaban J connectivity index is 2.04. The molecule has 86 valence electrons. The maximum atomic E-state index is 13.5. The quantitative estimate of drug-likeness (QED) is 0.830. The highest BCUT2D eigenvalue weighted by molar-refractivity contribution is 5.75. The molecule has 16 heavy (non-hydrogen) atoms. The van der Waals surface area contributed by atoms with E-state index in [1.807, 2.05) is 0 Å². The van der Waals surface area contributed by atoms with Crippen LogP contribution >= 0.6 is 0 Å². The van der Waals surface area contributed by atoms with E-state index in [4.69, 9.17) is 4.74 Å². The zero-order valence-electron chi connectivity index (χ0n) is 9.29. The molecule has 3 nitrogen and oxygen atoms in total. The molecule has 0 saturated heterocycles. The van der Waals surface area contributed by atoms with Crippen LogP contribution in [-0.4, -0.2) is 26.2 Å². The summed E-state index contributed by atoms with van der Waals surface area (Å²) in [6.07, 6.45) is 2.50. The van der Waals surface area contributed by atoms with Crippen LogP contribution < -0.4 is 15.0 Å². The SMILES string of the molecule is COc1cc2c(cc1F)NCCN2C1CC1. The molecule has 0 aromatic heterocycles. The van der Waals surface area contributed by atoms with Crippen LogP contribution in [0, 0.1) is 5.82 Å². The summed E-state index contributed by atoms with van der Waals surface area (Å²) < 4.78 is 18.6. The predicted molar refractivity (Wildman–Crippen MR) is 61.8 cm³/mol. The molecule has 0 radical (unpaired) electrons. The molecule has 1 saturated carbocycles. The summed E-state index contributed by atoms with van der Waals surface area (Å²) in [7, 11) is 1.50. The highest BCUT2D eigenvalue weighted by atomic mass is 19.1. The van der Waals surface area contributed by atoms with Crippen molar-refractivity contribution in [1.29, 1.82) is 0 Å². The van der Waals surface area contributed by atoms with Gasteiger partial charge in [-0.25, -0.2) is 4.39 Å². The van der Waals surface area contributed by atoms with Crippen molar-refractivity contribution >= 4 is 11.4 Å². The molecule has 1 aromatic carbocycles. The lowest BCUT2D eigenvalue weighted by atomic mass is 10.1. The van der Waals surface area contributed by atoms with Crippen LogP contribution in [0.2, 0.25) is 0 Å². The molecule has 3 rings (SSSR count). The zero-order chi connectivity index (χ0) is 11.1. The van der Waals surface area contributed by atoms with Crippen molar-refractivity contribution in [1.82, 2.24) is 0 Å². The number of hydrogen-bond donors (Lipinski definition) is 1. The summed E-state index contributed by atoms with van der Waals surface area (Å²) >= 11 is 0. The van der Waals surface area contributed by atoms with Gasteiger partial charge in [-0.3, -0.25) is 0 Å². The van der Waals surface area contributed by atoms with Crippen LogP contribution in [0.4, 0.5) is 15.8 Å². The summed E-state index contributed by atoms with van der Waals surface area (Å²) in [5, 5.41) is 3.23. The van der Waals surface area contributed by atoms with E-state index in [-0.39, 0.29) is 5.82 Å². The minimum atomic E-state index is -0.300. The monoisotopic (exact) mass is 222 g/mol. The van der Waals surface area contributed by atoms with Gasteiger partial charge in [0.05, 0.1) is 18.5 Å². The minimum absolute atomic E-state index is 0.300. The van der Waals surface area contributed by atoms with E-state index in [2.05, 4.69) is 10.2 Å². The second-order valence-electron chi connectivity index (χ2n) is 4.36. The third kappa shape index (κ3) is 1.49. The summed E-state index contributed by atoms with van der Waals surface area (Å²) in [4.78, 5) is 2.35. The van der Waals surface area contributed by atoms with E-state index in [0.717, 1.165) is 24.5 Å². The van der Waals surface area contributed by atoms with Gasteiger partial charge in [-0.05, 0) is 12.8 Å². The standard InChI is InChI=1S/C12H15FN2O/c1-16-12-7-11-10(6-9(12)13)14-4-5-15(11)8-2-3-8/h6-8,14H,2-5H2,1H3. The van der Waals surface area contributed by atoms with Crippen LogP contribution in [0.25, 0.3) is 0 Å². The average Bonchev–Trinajstić information content (AvgIpc) is 3.11. The maximum Gasteiger partial charge on any atom is 0.167 e. The number of nitrogens with zero attached hydrogens (tertiary/aromatic N) is 1. The summed E-state index contributed by atoms with van der Waals surface area (Å²) in [6, 6.07) is 3.98. The lowest BCUT2D eigenvalue weighted by Crippen LogP contribution is -2.35. The molecule has 1 N–H and O–H groups in total. The van der Waals surface area contributed by atoms with Crippen LogP contribution in [0.3, 0.4) is 0 Å². The fourth-order valence-corrected chi connectivity index (χ4v) is 2.28. The van der Waals surface area contributed by atoms with Crippen molar-refractivity contribution in [2.75, 3.05) is 30.4 Å². The topological polar surface area (TPSA) is 24.5 Å². The van der Waals surface area contributed by atoms with Gasteiger partial charge in [0, 0.05) is 31.3 Å². The van der Waals surface area contributed by atoms with Gasteiger partial charge < -0.3 is 15.0 Å². The summed E-state index contributed by atoms with van der Waals surface area (Å²) in [5.41, 5.74) is 1.96. The second-order valence-corrected chi connectivity index (χ2v) is 4.36. The third-order valence-corrected chi connectivity index (χ3v) is 3.24. The van der Waals surface area contributed by atoms with Gasteiger partial charge >= 0.3 is 0 Å². The number of anilines is 2. The minimum Gasteiger partial charge on any atom is -0.494 e. The van der Waals surface area contributed by atoms with Crippen molar-refractivity contribution in [3.05, 3.63) is 17.9 Å². The first-order chi connectivity index (χ1) is 7.79. The van der Waals surface area contributed by atoms with Gasteiger partial charge in [-0.15, -0.1) is 0 Å². The average molecular weight is 222 g/mol. The molecule has 1 aliphatic carbocycles. The van der Waals surface area contributed by atoms with E-state index in [0.29, 0.717) is 11.8 Å². The Morgan fingerprint density at radius 1 is 1.44 bits per heavy atom. The first-order valence-electron chi connectivity index (χ1n) is 5.67. The Bertz CT molecular complexity index is 418. The molecule has 1 aromatic rings. The highest BCUT2D eigenvalue weighted by Gasteiger charge is 2.32. The Labute approximate surface area is 94.2 Å². The Morgan fingerprint density at radius 3 is 2.94 bits per heavy atom. The number of methoxy groups -OCH3 is 1. The van der Waals surface area contributed by atoms with Crippen molar-refractivity contribution < 1.29 is 9.13 Å². The van der Waals surface area contributed by atoms with Gasteiger partial charge in [0.25, 0.3) is 0 Å². The first-order valence-corrected chi connectivity index (χ1v) is 5.67. The third-order valence-electron chi connectivity index (χ3n) is 3.24. The molecule has 0 atom stereocenters. The van der Waals surface area contributed by atoms with Gasteiger partial charge in [-0.1, -0.05) is 0 Å². The van der Waals surface area contributed by atoms with Crippen LogP contribution in [0.1, 0.15) is 12.8 Å². The molecular weight excluding hydrogens is 207 g/mol. The van der Waals surface area contributed by atoms with Crippen molar-refractivity contribution in [3.63, 3.8) is 0 Å². The number of benzene rings is 1. The van der Waals surface area contributed by atoms with Crippen LogP contribution in [-0.2, 0) is 0 Å². The van der Waals surface area contributed by atoms with Gasteiger partial charge in [-0.2, -0.15) is 0 Å². The number of rotatable bonds is 2. The van der Waals surface area contributed by atoms with Crippen molar-refractivity contribution in [2.45, 2.75) is 18.9 Å². The largest absolute Gasteiger partial charge is 0.494 e. The van der Waals surface area contributed by atoms with E-state index in [9.17, 15) is 4.39 Å². The van der Waals surface area contributed by atoms with Crippen molar-refractivity contribution in [3.8, 4) is 5.75 Å². The van der Waals surface area contributed by atoms with Gasteiger partial charge in [0.2, 0.25) is 0 Å². The number of hydrogen-bond acceptors (Lipinski definition) is 3. The number of fused-ring (bicyclic) bond motifs is 1. The predicted octanol–water partition coefficient (Wildman–Crippen LogP) is 2.23. The first kappa shape index (κ1) is 9.75. The van der Waals surface area contributed by atoms with E-state index < -0.39 is 0 Å². The summed E-state index contributed by atoms with van der Waals surface area (Å²) in [5.74, 6) is 0.0273. The van der Waals surface area contributed by atoms with E-state index >= 15 is 0 Å². The molecule has 0 bridgehead atoms. The summed E-state index contributed by atoms with van der Waals surface area (Å²) in [6.45, 7) is 1.88. The molecule has 1 aliphatic heterocycles. The fourth-order valence-electron chi connectivity index (χ4n) is 2.28. The highest BCUT2D eigenvalue weighted by Crippen LogP contribution is 2.40. The number of halogens is 1. The Kier molecular flexibility index (Phi) is 2.16. The van der Waals surface area contributed by atoms with Gasteiger partial charge in [0.1, 0.15) is 0 Å². The van der Waals surface area contributed by atoms with E-state index in [1.54, 1.807) is 6.07 Å². The molecule has 2 aliphatic rings. The molecule has 1 fully saturated rings. The van der Waals surface area contributed by atoms with Gasteiger partial charge in [0.15, 0.2) is 11.6 Å². The zero-order valence-corrected chi connectivity index (χ0v) is 9.29. The Hall–Kier alpha value is -1.45. The second kappa shape index (κ2) is 3.54. The lowest BCUT2D eigenvalue weighted by molar-refractivity contribution is 0.386. The molecule has 0 unspecified atom stereocenters. The lowest BCUT2D eigenvalue weighted by Gasteiger charge is -2.32. The van der Waals surface area contributed by atoms with Crippen LogP contribution in [0.15, 0.2) is 12.1 Å². The Morgan fingerprint density at radius 2 is 2.25 bits per heavy atom. The van der Waals surface area contributed by atoms with Crippen LogP contribution in [0.5, 0.6) is 5.75 Å². The number of ether oxygens (including phenoxy) is 1. The smallest absolute Gasteiger partial charge is 0.167 e. The maximum absolute atomic E-state index is 13.5. The number of nitrogens with one attached hydrogen (secondary N) is 1. The molecule has 4 heteroatoms. The molecule has 0 amide bonds. The fraction of sp³-hybridized carbons (Fsp3) is 0.500. The molecule has 1 heterocycles. The molecular formula is C12H15FN2O. The molecule has 0 spiro atoms. The normalized spacial score (nSPS) is 19.0.